The predicted molar refractivity (Wildman–Crippen MR) is 105 cm³/mol. The number of hydrogen-bond donors (Lipinski definition) is 0. The Kier molecular flexibility index (Phi) is 4.54. The molecule has 3 heterocycles. The molecule has 26 heavy (non-hydrogen) atoms. The summed E-state index contributed by atoms with van der Waals surface area (Å²) >= 11 is 6.13. The summed E-state index contributed by atoms with van der Waals surface area (Å²) < 4.78 is 1.86. The molecule has 0 atom stereocenters. The van der Waals surface area contributed by atoms with Gasteiger partial charge in [0, 0.05) is 42.5 Å². The van der Waals surface area contributed by atoms with Crippen LogP contribution in [0.15, 0.2) is 67.0 Å². The molecule has 130 valence electrons. The van der Waals surface area contributed by atoms with E-state index < -0.39 is 0 Å². The molecule has 0 unspecified atom stereocenters. The second-order valence-corrected chi connectivity index (χ2v) is 6.54. The van der Waals surface area contributed by atoms with Crippen molar-refractivity contribution in [3.05, 3.63) is 77.7 Å². The molecule has 0 aliphatic heterocycles. The lowest BCUT2D eigenvalue weighted by Gasteiger charge is -2.18. The van der Waals surface area contributed by atoms with Crippen LogP contribution in [0.3, 0.4) is 0 Å². The fourth-order valence-corrected chi connectivity index (χ4v) is 3.04. The molecule has 0 amide bonds. The van der Waals surface area contributed by atoms with Crippen molar-refractivity contribution in [3.8, 4) is 11.3 Å². The number of aromatic nitrogens is 4. The van der Waals surface area contributed by atoms with Crippen molar-refractivity contribution in [2.24, 2.45) is 0 Å². The van der Waals surface area contributed by atoms with Crippen LogP contribution in [0, 0.1) is 0 Å². The maximum atomic E-state index is 6.13. The number of benzene rings is 1. The third-order valence-corrected chi connectivity index (χ3v) is 4.52. The Bertz CT molecular complexity index is 1030. The van der Waals surface area contributed by atoms with E-state index >= 15 is 0 Å². The Hall–Kier alpha value is -2.92. The van der Waals surface area contributed by atoms with Gasteiger partial charge in [-0.15, -0.1) is 5.10 Å². The van der Waals surface area contributed by atoms with Gasteiger partial charge in [0.2, 0.25) is 0 Å². The number of likely N-dealkylation sites (N-methyl/N-ethyl adjacent to an activating group) is 1. The van der Waals surface area contributed by atoms with Crippen LogP contribution in [0.25, 0.3) is 16.9 Å². The first-order valence-electron chi connectivity index (χ1n) is 8.42. The lowest BCUT2D eigenvalue weighted by molar-refractivity contribution is 0.812. The largest absolute Gasteiger partial charge is 0.358 e. The Balaban J connectivity index is 1.61. The fourth-order valence-electron chi connectivity index (χ4n) is 2.85. The molecule has 0 N–H and O–H groups in total. The Morgan fingerprint density at radius 2 is 1.96 bits per heavy atom. The first kappa shape index (κ1) is 16.5. The minimum absolute atomic E-state index is 0.695. The first-order chi connectivity index (χ1) is 12.7. The maximum Gasteiger partial charge on any atom is 0.154 e. The van der Waals surface area contributed by atoms with E-state index in [2.05, 4.69) is 14.9 Å². The summed E-state index contributed by atoms with van der Waals surface area (Å²) in [4.78, 5) is 10.9. The van der Waals surface area contributed by atoms with Gasteiger partial charge in [-0.1, -0.05) is 29.8 Å². The van der Waals surface area contributed by atoms with Gasteiger partial charge in [-0.05, 0) is 36.4 Å². The van der Waals surface area contributed by atoms with E-state index in [1.54, 1.807) is 0 Å². The second kappa shape index (κ2) is 7.14. The summed E-state index contributed by atoms with van der Waals surface area (Å²) in [6.07, 6.45) is 4.51. The number of nitrogens with zero attached hydrogens (tertiary/aromatic N) is 5. The molecule has 0 spiro atoms. The minimum Gasteiger partial charge on any atom is -0.358 e. The molecule has 1 aromatic carbocycles. The van der Waals surface area contributed by atoms with E-state index in [9.17, 15) is 0 Å². The van der Waals surface area contributed by atoms with E-state index in [4.69, 9.17) is 16.7 Å². The molecule has 3 aromatic heterocycles. The number of fused-ring (bicyclic) bond motifs is 1. The van der Waals surface area contributed by atoms with E-state index in [0.29, 0.717) is 5.02 Å². The zero-order valence-corrected chi connectivity index (χ0v) is 15.1. The zero-order chi connectivity index (χ0) is 17.9. The van der Waals surface area contributed by atoms with Crippen LogP contribution in [0.4, 0.5) is 5.82 Å². The summed E-state index contributed by atoms with van der Waals surface area (Å²) in [5.74, 6) is 0.884. The molecule has 6 heteroatoms. The Labute approximate surface area is 156 Å². The topological polar surface area (TPSA) is 46.3 Å². The van der Waals surface area contributed by atoms with Crippen LogP contribution >= 0.6 is 11.6 Å². The first-order valence-corrected chi connectivity index (χ1v) is 8.80. The van der Waals surface area contributed by atoms with Crippen molar-refractivity contribution in [1.82, 2.24) is 19.6 Å². The van der Waals surface area contributed by atoms with Gasteiger partial charge in [0.15, 0.2) is 5.65 Å². The summed E-state index contributed by atoms with van der Waals surface area (Å²) in [7, 11) is 2.03. The van der Waals surface area contributed by atoms with E-state index in [1.165, 1.54) is 0 Å². The van der Waals surface area contributed by atoms with Crippen LogP contribution in [0.1, 0.15) is 5.69 Å². The molecule has 4 rings (SSSR count). The fraction of sp³-hybridized carbons (Fsp3) is 0.150. The molecular weight excluding hydrogens is 346 g/mol. The van der Waals surface area contributed by atoms with Gasteiger partial charge >= 0.3 is 0 Å². The number of anilines is 1. The molecule has 0 saturated heterocycles. The molecule has 0 saturated carbocycles. The van der Waals surface area contributed by atoms with Crippen molar-refractivity contribution in [1.29, 1.82) is 0 Å². The summed E-state index contributed by atoms with van der Waals surface area (Å²) in [5.41, 5.74) is 3.79. The monoisotopic (exact) mass is 363 g/mol. The average Bonchev–Trinajstić information content (AvgIpc) is 3.10. The van der Waals surface area contributed by atoms with Crippen molar-refractivity contribution in [2.75, 3.05) is 18.5 Å². The van der Waals surface area contributed by atoms with Crippen molar-refractivity contribution in [3.63, 3.8) is 0 Å². The van der Waals surface area contributed by atoms with Crippen LogP contribution in [0.5, 0.6) is 0 Å². The minimum atomic E-state index is 0.695. The number of imidazole rings is 1. The summed E-state index contributed by atoms with van der Waals surface area (Å²) in [5, 5.41) is 5.47. The summed E-state index contributed by atoms with van der Waals surface area (Å²) in [6.45, 7) is 0.830. The molecule has 4 aromatic rings. The standard InChI is InChI=1S/C20H18ClN5/c1-25(12-10-17-7-2-3-11-22-17)20-9-8-19-23-14-18(26(19)24-20)15-5-4-6-16(21)13-15/h2-9,11,13-14H,10,12H2,1H3. The molecule has 5 nitrogen and oxygen atoms in total. The van der Waals surface area contributed by atoms with Crippen LogP contribution in [-0.4, -0.2) is 33.2 Å². The van der Waals surface area contributed by atoms with Gasteiger partial charge in [0.25, 0.3) is 0 Å². The third kappa shape index (κ3) is 3.39. The number of rotatable bonds is 5. The van der Waals surface area contributed by atoms with Gasteiger partial charge in [-0.25, -0.2) is 9.50 Å². The molecular formula is C20H18ClN5. The Morgan fingerprint density at radius 3 is 2.77 bits per heavy atom. The van der Waals surface area contributed by atoms with E-state index in [-0.39, 0.29) is 0 Å². The van der Waals surface area contributed by atoms with Crippen LogP contribution in [-0.2, 0) is 6.42 Å². The van der Waals surface area contributed by atoms with Crippen molar-refractivity contribution in [2.45, 2.75) is 6.42 Å². The van der Waals surface area contributed by atoms with Gasteiger partial charge in [0.1, 0.15) is 5.82 Å². The SMILES string of the molecule is CN(CCc1ccccn1)c1ccc2ncc(-c3cccc(Cl)c3)n2n1. The molecule has 0 radical (unpaired) electrons. The highest BCUT2D eigenvalue weighted by molar-refractivity contribution is 6.30. The van der Waals surface area contributed by atoms with E-state index in [0.717, 1.165) is 41.4 Å². The third-order valence-electron chi connectivity index (χ3n) is 4.29. The molecule has 0 fully saturated rings. The normalized spacial score (nSPS) is 11.0. The van der Waals surface area contributed by atoms with E-state index in [1.807, 2.05) is 78.6 Å². The highest BCUT2D eigenvalue weighted by Crippen LogP contribution is 2.24. The maximum absolute atomic E-state index is 6.13. The van der Waals surface area contributed by atoms with Crippen LogP contribution < -0.4 is 4.90 Å². The van der Waals surface area contributed by atoms with Gasteiger partial charge in [-0.2, -0.15) is 0 Å². The lowest BCUT2D eigenvalue weighted by atomic mass is 10.2. The lowest BCUT2D eigenvalue weighted by Crippen LogP contribution is -2.22. The van der Waals surface area contributed by atoms with Crippen molar-refractivity contribution < 1.29 is 0 Å². The average molecular weight is 364 g/mol. The van der Waals surface area contributed by atoms with Gasteiger partial charge < -0.3 is 4.90 Å². The summed E-state index contributed by atoms with van der Waals surface area (Å²) in [6, 6.07) is 17.7. The van der Waals surface area contributed by atoms with Gasteiger partial charge in [-0.3, -0.25) is 4.98 Å². The number of halogens is 1. The molecule has 0 aliphatic rings. The van der Waals surface area contributed by atoms with Crippen LogP contribution in [0.2, 0.25) is 5.02 Å². The highest BCUT2D eigenvalue weighted by atomic mass is 35.5. The molecule has 0 aliphatic carbocycles. The zero-order valence-electron chi connectivity index (χ0n) is 14.4. The quantitative estimate of drug-likeness (QED) is 0.535. The smallest absolute Gasteiger partial charge is 0.154 e. The predicted octanol–water partition coefficient (Wildman–Crippen LogP) is 4.12. The second-order valence-electron chi connectivity index (χ2n) is 6.11. The molecule has 0 bridgehead atoms. The highest BCUT2D eigenvalue weighted by Gasteiger charge is 2.10. The number of hydrogen-bond acceptors (Lipinski definition) is 4. The van der Waals surface area contributed by atoms with Gasteiger partial charge in [0.05, 0.1) is 11.9 Å². The Morgan fingerprint density at radius 1 is 1.04 bits per heavy atom. The number of pyridine rings is 1. The van der Waals surface area contributed by atoms with Crippen molar-refractivity contribution >= 4 is 23.1 Å².